The molecular weight excluding hydrogens is 226 g/mol. The van der Waals surface area contributed by atoms with Gasteiger partial charge in [-0.1, -0.05) is 41.5 Å². The molecular formula is C15H31NO2. The van der Waals surface area contributed by atoms with E-state index in [4.69, 9.17) is 4.74 Å². The molecule has 0 saturated carbocycles. The van der Waals surface area contributed by atoms with Gasteiger partial charge in [-0.2, -0.15) is 0 Å². The summed E-state index contributed by atoms with van der Waals surface area (Å²) >= 11 is 0. The van der Waals surface area contributed by atoms with Crippen LogP contribution in [0.3, 0.4) is 0 Å². The third-order valence-corrected chi connectivity index (χ3v) is 4.71. The minimum atomic E-state index is -0.650. The lowest BCUT2D eigenvalue weighted by Gasteiger charge is -2.43. The van der Waals surface area contributed by atoms with E-state index in [0.717, 1.165) is 19.4 Å². The molecule has 0 aliphatic heterocycles. The van der Waals surface area contributed by atoms with Crippen molar-refractivity contribution < 1.29 is 9.53 Å². The molecule has 0 spiro atoms. The summed E-state index contributed by atoms with van der Waals surface area (Å²) in [6.07, 6.45) is 1.99. The van der Waals surface area contributed by atoms with Crippen molar-refractivity contribution in [1.29, 1.82) is 0 Å². The second-order valence-corrected chi connectivity index (χ2v) is 6.73. The van der Waals surface area contributed by atoms with Gasteiger partial charge in [-0.3, -0.25) is 4.79 Å². The Morgan fingerprint density at radius 2 is 1.56 bits per heavy atom. The first kappa shape index (κ1) is 17.4. The van der Waals surface area contributed by atoms with Crippen LogP contribution in [0.5, 0.6) is 0 Å². The third-order valence-electron chi connectivity index (χ3n) is 4.71. The van der Waals surface area contributed by atoms with Crippen molar-refractivity contribution in [3.8, 4) is 0 Å². The fraction of sp³-hybridized carbons (Fsp3) is 0.933. The van der Waals surface area contributed by atoms with Crippen molar-refractivity contribution in [2.45, 2.75) is 66.8 Å². The number of hydrogen-bond acceptors (Lipinski definition) is 3. The van der Waals surface area contributed by atoms with E-state index < -0.39 is 5.54 Å². The van der Waals surface area contributed by atoms with Crippen molar-refractivity contribution >= 4 is 5.97 Å². The average Bonchev–Trinajstić information content (AvgIpc) is 2.34. The van der Waals surface area contributed by atoms with Gasteiger partial charge < -0.3 is 10.1 Å². The number of esters is 1. The summed E-state index contributed by atoms with van der Waals surface area (Å²) in [4.78, 5) is 12.2. The monoisotopic (exact) mass is 257 g/mol. The van der Waals surface area contributed by atoms with Crippen LogP contribution in [0.2, 0.25) is 0 Å². The van der Waals surface area contributed by atoms with Gasteiger partial charge in [0.05, 0.1) is 7.11 Å². The van der Waals surface area contributed by atoms with Gasteiger partial charge >= 0.3 is 5.97 Å². The van der Waals surface area contributed by atoms with Gasteiger partial charge in [0.2, 0.25) is 0 Å². The maximum atomic E-state index is 12.2. The van der Waals surface area contributed by atoms with Gasteiger partial charge in [-0.05, 0) is 30.6 Å². The van der Waals surface area contributed by atoms with Gasteiger partial charge in [0, 0.05) is 6.54 Å². The van der Waals surface area contributed by atoms with Crippen LogP contribution in [-0.4, -0.2) is 25.2 Å². The molecule has 1 atom stereocenters. The van der Waals surface area contributed by atoms with E-state index in [1.54, 1.807) is 0 Å². The Hall–Kier alpha value is -0.570. The van der Waals surface area contributed by atoms with E-state index in [-0.39, 0.29) is 16.8 Å². The average molecular weight is 257 g/mol. The highest BCUT2D eigenvalue weighted by Crippen LogP contribution is 2.36. The standard InChI is InChI=1S/C15H31NO2/c1-9-13(3,4)11-16-15(7,12(17)18-8)14(5,6)10-2/h16H,9-11H2,1-8H3. The molecule has 0 aliphatic rings. The normalized spacial score (nSPS) is 16.2. The Kier molecular flexibility index (Phi) is 5.86. The minimum absolute atomic E-state index is 0.149. The fourth-order valence-electron chi connectivity index (χ4n) is 1.69. The summed E-state index contributed by atoms with van der Waals surface area (Å²) in [7, 11) is 1.46. The molecule has 3 nitrogen and oxygen atoms in total. The third kappa shape index (κ3) is 3.71. The maximum Gasteiger partial charge on any atom is 0.326 e. The molecule has 0 aromatic heterocycles. The van der Waals surface area contributed by atoms with Crippen LogP contribution in [0.1, 0.15) is 61.3 Å². The topological polar surface area (TPSA) is 38.3 Å². The fourth-order valence-corrected chi connectivity index (χ4v) is 1.69. The second kappa shape index (κ2) is 6.05. The van der Waals surface area contributed by atoms with E-state index in [9.17, 15) is 4.79 Å². The maximum absolute atomic E-state index is 12.2. The van der Waals surface area contributed by atoms with Gasteiger partial charge in [-0.25, -0.2) is 0 Å². The molecule has 1 N–H and O–H groups in total. The van der Waals surface area contributed by atoms with Crippen LogP contribution < -0.4 is 5.32 Å². The van der Waals surface area contributed by atoms with E-state index in [0.29, 0.717) is 0 Å². The van der Waals surface area contributed by atoms with Crippen LogP contribution in [-0.2, 0) is 9.53 Å². The molecule has 18 heavy (non-hydrogen) atoms. The first-order valence-corrected chi connectivity index (χ1v) is 6.89. The van der Waals surface area contributed by atoms with Crippen molar-refractivity contribution in [3.63, 3.8) is 0 Å². The number of methoxy groups -OCH3 is 1. The molecule has 0 saturated heterocycles. The minimum Gasteiger partial charge on any atom is -0.468 e. The van der Waals surface area contributed by atoms with E-state index >= 15 is 0 Å². The summed E-state index contributed by atoms with van der Waals surface area (Å²) in [6, 6.07) is 0. The molecule has 1 unspecified atom stereocenters. The van der Waals surface area contributed by atoms with Crippen LogP contribution in [0.4, 0.5) is 0 Å². The first-order chi connectivity index (χ1) is 8.06. The zero-order chi connectivity index (χ0) is 14.6. The lowest BCUT2D eigenvalue weighted by Crippen LogP contribution is -2.61. The molecule has 0 heterocycles. The smallest absolute Gasteiger partial charge is 0.326 e. The van der Waals surface area contributed by atoms with Crippen molar-refractivity contribution in [1.82, 2.24) is 5.32 Å². The zero-order valence-corrected chi connectivity index (χ0v) is 13.4. The summed E-state index contributed by atoms with van der Waals surface area (Å²) in [6.45, 7) is 15.7. The lowest BCUT2D eigenvalue weighted by molar-refractivity contribution is -0.153. The van der Waals surface area contributed by atoms with Crippen LogP contribution in [0, 0.1) is 10.8 Å². The molecule has 0 aromatic carbocycles. The van der Waals surface area contributed by atoms with E-state index in [1.165, 1.54) is 7.11 Å². The van der Waals surface area contributed by atoms with Crippen LogP contribution in [0.15, 0.2) is 0 Å². The van der Waals surface area contributed by atoms with Crippen LogP contribution in [0.25, 0.3) is 0 Å². The highest BCUT2D eigenvalue weighted by molar-refractivity contribution is 5.81. The zero-order valence-electron chi connectivity index (χ0n) is 13.4. The van der Waals surface area contributed by atoms with Gasteiger partial charge in [0.15, 0.2) is 0 Å². The van der Waals surface area contributed by atoms with E-state index in [1.807, 2.05) is 6.92 Å². The Morgan fingerprint density at radius 1 is 1.06 bits per heavy atom. The lowest BCUT2D eigenvalue weighted by atomic mass is 9.70. The number of ether oxygens (including phenoxy) is 1. The quantitative estimate of drug-likeness (QED) is 0.711. The molecule has 3 heteroatoms. The molecule has 0 aliphatic carbocycles. The second-order valence-electron chi connectivity index (χ2n) is 6.73. The predicted octanol–water partition coefficient (Wildman–Crippen LogP) is 3.38. The summed E-state index contributed by atoms with van der Waals surface area (Å²) in [5, 5.41) is 3.45. The van der Waals surface area contributed by atoms with Crippen molar-refractivity contribution in [2.24, 2.45) is 10.8 Å². The predicted molar refractivity (Wildman–Crippen MR) is 76.6 cm³/mol. The molecule has 0 aromatic rings. The molecule has 0 bridgehead atoms. The Labute approximate surface area is 113 Å². The Morgan fingerprint density at radius 3 is 1.89 bits per heavy atom. The molecule has 0 amide bonds. The van der Waals surface area contributed by atoms with Gasteiger partial charge in [-0.15, -0.1) is 0 Å². The summed E-state index contributed by atoms with van der Waals surface area (Å²) in [5.41, 5.74) is -0.619. The van der Waals surface area contributed by atoms with Gasteiger partial charge in [0.1, 0.15) is 5.54 Å². The Bertz CT molecular complexity index is 284. The number of carbonyl (C=O) groups is 1. The first-order valence-electron chi connectivity index (χ1n) is 6.89. The highest BCUT2D eigenvalue weighted by Gasteiger charge is 2.47. The molecule has 0 rings (SSSR count). The highest BCUT2D eigenvalue weighted by atomic mass is 16.5. The number of hydrogen-bond donors (Lipinski definition) is 1. The summed E-state index contributed by atoms with van der Waals surface area (Å²) < 4.78 is 5.00. The Balaban J connectivity index is 5.09. The summed E-state index contributed by atoms with van der Waals surface area (Å²) in [5.74, 6) is -0.179. The molecule has 0 fully saturated rings. The van der Waals surface area contributed by atoms with Crippen molar-refractivity contribution in [2.75, 3.05) is 13.7 Å². The SMILES string of the molecule is CCC(C)(C)CNC(C)(C(=O)OC)C(C)(C)CC. The van der Waals surface area contributed by atoms with Crippen molar-refractivity contribution in [3.05, 3.63) is 0 Å². The van der Waals surface area contributed by atoms with Gasteiger partial charge in [0.25, 0.3) is 0 Å². The van der Waals surface area contributed by atoms with Crippen LogP contribution >= 0.6 is 0 Å². The van der Waals surface area contributed by atoms with E-state index in [2.05, 4.69) is 46.9 Å². The number of carbonyl (C=O) groups excluding carboxylic acids is 1. The number of nitrogens with one attached hydrogen (secondary N) is 1. The molecule has 0 radical (unpaired) electrons. The molecule has 108 valence electrons. The largest absolute Gasteiger partial charge is 0.468 e. The number of rotatable bonds is 7.